The highest BCUT2D eigenvalue weighted by Crippen LogP contribution is 2.18. The summed E-state index contributed by atoms with van der Waals surface area (Å²) in [6.07, 6.45) is 0.608. The predicted octanol–water partition coefficient (Wildman–Crippen LogP) is 0.625. The number of nitrogens with zero attached hydrogens (tertiary/aromatic N) is 4. The molecule has 0 unspecified atom stereocenters. The van der Waals surface area contributed by atoms with E-state index >= 15 is 0 Å². The number of sulfonamides is 1. The van der Waals surface area contributed by atoms with Crippen molar-refractivity contribution in [3.63, 3.8) is 0 Å². The number of hydrogen-bond donors (Lipinski definition) is 0. The van der Waals surface area contributed by atoms with Crippen molar-refractivity contribution in [2.24, 2.45) is 0 Å². The molecule has 1 heterocycles. The van der Waals surface area contributed by atoms with Gasteiger partial charge in [-0.25, -0.2) is 13.2 Å². The molecule has 2 rings (SSSR count). The van der Waals surface area contributed by atoms with Crippen molar-refractivity contribution < 1.29 is 22.7 Å². The molecule has 1 aromatic rings. The predicted molar refractivity (Wildman–Crippen MR) is 98.5 cm³/mol. The number of carbonyl (C=O) groups excluding carboxylic acids is 2. The van der Waals surface area contributed by atoms with E-state index in [2.05, 4.69) is 0 Å². The van der Waals surface area contributed by atoms with E-state index in [4.69, 9.17) is 10.00 Å². The zero-order valence-corrected chi connectivity index (χ0v) is 16.1. The minimum absolute atomic E-state index is 0.284. The van der Waals surface area contributed by atoms with Gasteiger partial charge in [0, 0.05) is 26.2 Å². The molecule has 0 saturated carbocycles. The molecule has 27 heavy (non-hydrogen) atoms. The quantitative estimate of drug-likeness (QED) is 0.724. The summed E-state index contributed by atoms with van der Waals surface area (Å²) in [5.74, 6) is -0.353. The Morgan fingerprint density at radius 2 is 1.70 bits per heavy atom. The molecule has 2 amide bonds. The van der Waals surface area contributed by atoms with Gasteiger partial charge in [-0.2, -0.15) is 5.26 Å². The normalized spacial score (nSPS) is 14.4. The van der Waals surface area contributed by atoms with Crippen molar-refractivity contribution in [3.05, 3.63) is 29.8 Å². The van der Waals surface area contributed by atoms with Crippen LogP contribution >= 0.6 is 0 Å². The molecule has 0 aromatic heterocycles. The average Bonchev–Trinajstić information content (AvgIpc) is 2.65. The van der Waals surface area contributed by atoms with Gasteiger partial charge in [0.15, 0.2) is 0 Å². The van der Waals surface area contributed by atoms with E-state index in [1.54, 1.807) is 6.92 Å². The van der Waals surface area contributed by atoms with Crippen LogP contribution in [-0.4, -0.2) is 75.8 Å². The number of ether oxygens (including phenoxy) is 1. The molecule has 0 bridgehead atoms. The second-order valence-electron chi connectivity index (χ2n) is 6.00. The lowest BCUT2D eigenvalue weighted by atomic mass is 10.2. The van der Waals surface area contributed by atoms with Crippen molar-refractivity contribution in [2.45, 2.75) is 6.92 Å². The Morgan fingerprint density at radius 3 is 2.19 bits per heavy atom. The number of hydrogen-bond acceptors (Lipinski definition) is 6. The first-order valence-electron chi connectivity index (χ1n) is 8.43. The molecule has 1 aromatic carbocycles. The number of benzene rings is 1. The Labute approximate surface area is 158 Å². The Balaban J connectivity index is 2.05. The number of rotatable bonds is 5. The molecule has 9 nitrogen and oxygen atoms in total. The van der Waals surface area contributed by atoms with Gasteiger partial charge in [0.2, 0.25) is 15.9 Å². The largest absolute Gasteiger partial charge is 0.450 e. The van der Waals surface area contributed by atoms with E-state index in [1.165, 1.54) is 34.1 Å². The highest BCUT2D eigenvalue weighted by Gasteiger charge is 2.28. The molecule has 10 heteroatoms. The number of piperazine rings is 1. The third kappa shape index (κ3) is 5.34. The summed E-state index contributed by atoms with van der Waals surface area (Å²) in [4.78, 5) is 27.3. The first-order valence-corrected chi connectivity index (χ1v) is 10.3. The average molecular weight is 394 g/mol. The molecule has 146 valence electrons. The number of nitriles is 1. The van der Waals surface area contributed by atoms with Crippen LogP contribution in [0.25, 0.3) is 0 Å². The second kappa shape index (κ2) is 8.73. The van der Waals surface area contributed by atoms with Gasteiger partial charge in [-0.1, -0.05) is 0 Å². The first-order chi connectivity index (χ1) is 12.8. The summed E-state index contributed by atoms with van der Waals surface area (Å²) in [6.45, 7) is 2.95. The molecule has 1 aliphatic heterocycles. The van der Waals surface area contributed by atoms with Gasteiger partial charge in [0.25, 0.3) is 0 Å². The molecule has 0 aliphatic carbocycles. The number of carbonyl (C=O) groups is 2. The van der Waals surface area contributed by atoms with Crippen LogP contribution < -0.4 is 4.31 Å². The second-order valence-corrected chi connectivity index (χ2v) is 7.90. The van der Waals surface area contributed by atoms with E-state index in [9.17, 15) is 18.0 Å². The Bertz CT molecular complexity index is 824. The zero-order valence-electron chi connectivity index (χ0n) is 15.3. The molecule has 1 fully saturated rings. The highest BCUT2D eigenvalue weighted by molar-refractivity contribution is 7.92. The molecule has 0 spiro atoms. The molecule has 1 saturated heterocycles. The van der Waals surface area contributed by atoms with Crippen LogP contribution in [-0.2, 0) is 19.6 Å². The summed E-state index contributed by atoms with van der Waals surface area (Å²) >= 11 is 0. The van der Waals surface area contributed by atoms with Crippen LogP contribution in [0.3, 0.4) is 0 Å². The van der Waals surface area contributed by atoms with E-state index in [1.807, 2.05) is 6.07 Å². The summed E-state index contributed by atoms with van der Waals surface area (Å²) in [6, 6.07) is 7.94. The molecular formula is C17H22N4O5S. The fourth-order valence-corrected chi connectivity index (χ4v) is 3.53. The fourth-order valence-electron chi connectivity index (χ4n) is 2.68. The van der Waals surface area contributed by atoms with Gasteiger partial charge in [0.1, 0.15) is 6.54 Å². The third-order valence-corrected chi connectivity index (χ3v) is 5.26. The summed E-state index contributed by atoms with van der Waals surface area (Å²) < 4.78 is 30.2. The van der Waals surface area contributed by atoms with Crippen molar-refractivity contribution in [1.29, 1.82) is 5.26 Å². The standard InChI is InChI=1S/C17H22N4O5S/c1-3-26-17(23)20-10-8-19(9-11-20)16(22)13-21(27(2,24)25)15-6-4-14(12-18)5-7-15/h4-7H,3,8-11,13H2,1-2H3. The topological polar surface area (TPSA) is 111 Å². The van der Waals surface area contributed by atoms with E-state index in [-0.39, 0.29) is 19.1 Å². The van der Waals surface area contributed by atoms with Crippen LogP contribution in [0.15, 0.2) is 24.3 Å². The summed E-state index contributed by atoms with van der Waals surface area (Å²) in [7, 11) is -3.68. The lowest BCUT2D eigenvalue weighted by molar-refractivity contribution is -0.131. The SMILES string of the molecule is CCOC(=O)N1CCN(C(=O)CN(c2ccc(C#N)cc2)S(C)(=O)=O)CC1. The maximum Gasteiger partial charge on any atom is 0.409 e. The Kier molecular flexibility index (Phi) is 6.63. The Hall–Kier alpha value is -2.80. The van der Waals surface area contributed by atoms with Gasteiger partial charge in [0.05, 0.1) is 30.2 Å². The maximum atomic E-state index is 12.6. The van der Waals surface area contributed by atoms with Gasteiger partial charge in [-0.3, -0.25) is 9.10 Å². The Morgan fingerprint density at radius 1 is 1.15 bits per heavy atom. The van der Waals surface area contributed by atoms with Gasteiger partial charge < -0.3 is 14.5 Å². The van der Waals surface area contributed by atoms with E-state index < -0.39 is 16.1 Å². The third-order valence-electron chi connectivity index (χ3n) is 4.12. The van der Waals surface area contributed by atoms with Crippen molar-refractivity contribution in [2.75, 3.05) is 49.9 Å². The highest BCUT2D eigenvalue weighted by atomic mass is 32.2. The molecule has 0 radical (unpaired) electrons. The smallest absolute Gasteiger partial charge is 0.409 e. The van der Waals surface area contributed by atoms with Crippen molar-refractivity contribution in [3.8, 4) is 6.07 Å². The van der Waals surface area contributed by atoms with E-state index in [0.29, 0.717) is 37.4 Å². The van der Waals surface area contributed by atoms with Crippen LogP contribution in [0, 0.1) is 11.3 Å². The van der Waals surface area contributed by atoms with E-state index in [0.717, 1.165) is 10.6 Å². The van der Waals surface area contributed by atoms with Crippen LogP contribution in [0.1, 0.15) is 12.5 Å². The molecule has 0 atom stereocenters. The van der Waals surface area contributed by atoms with Crippen molar-refractivity contribution in [1.82, 2.24) is 9.80 Å². The number of amides is 2. The summed E-state index contributed by atoms with van der Waals surface area (Å²) in [5.41, 5.74) is 0.712. The minimum Gasteiger partial charge on any atom is -0.450 e. The first kappa shape index (κ1) is 20.5. The van der Waals surface area contributed by atoms with Crippen LogP contribution in [0.5, 0.6) is 0 Å². The van der Waals surface area contributed by atoms with Crippen LogP contribution in [0.4, 0.5) is 10.5 Å². The minimum atomic E-state index is -3.68. The van der Waals surface area contributed by atoms with Crippen LogP contribution in [0.2, 0.25) is 0 Å². The lowest BCUT2D eigenvalue weighted by Gasteiger charge is -2.35. The van der Waals surface area contributed by atoms with Gasteiger partial charge in [-0.15, -0.1) is 0 Å². The molecule has 1 aliphatic rings. The van der Waals surface area contributed by atoms with Crippen molar-refractivity contribution >= 4 is 27.7 Å². The molecular weight excluding hydrogens is 372 g/mol. The zero-order chi connectivity index (χ0) is 20.0. The molecule has 0 N–H and O–H groups in total. The lowest BCUT2D eigenvalue weighted by Crippen LogP contribution is -2.53. The van der Waals surface area contributed by atoms with Gasteiger partial charge in [-0.05, 0) is 31.2 Å². The monoisotopic (exact) mass is 394 g/mol. The summed E-state index contributed by atoms with van der Waals surface area (Å²) in [5, 5.41) is 8.86. The van der Waals surface area contributed by atoms with Gasteiger partial charge >= 0.3 is 6.09 Å². The fraction of sp³-hybridized carbons (Fsp3) is 0.471. The maximum absolute atomic E-state index is 12.6. The number of anilines is 1.